The second kappa shape index (κ2) is 6.50. The first-order chi connectivity index (χ1) is 9.91. The van der Waals surface area contributed by atoms with E-state index in [4.69, 9.17) is 4.74 Å². The number of aryl methyl sites for hydroxylation is 1. The fourth-order valence-electron chi connectivity index (χ4n) is 3.09. The van der Waals surface area contributed by atoms with E-state index in [2.05, 4.69) is 19.2 Å². The normalized spacial score (nSPS) is 21.4. The number of ether oxygens (including phenoxy) is 1. The van der Waals surface area contributed by atoms with Gasteiger partial charge in [0, 0.05) is 11.7 Å². The van der Waals surface area contributed by atoms with E-state index in [0.717, 1.165) is 24.1 Å². The standard InChI is InChI=1S/C18H27NO2/c1-13-7-8-16(15(12-13)17(20)21-4)19-14-6-5-10-18(2,3)11-9-14/h7-8,12,14,19H,5-6,9-11H2,1-4H3. The molecule has 1 aliphatic rings. The highest BCUT2D eigenvalue weighted by molar-refractivity contribution is 5.95. The lowest BCUT2D eigenvalue weighted by Gasteiger charge is -2.23. The molecule has 0 aromatic heterocycles. The number of methoxy groups -OCH3 is 1. The van der Waals surface area contributed by atoms with Crippen LogP contribution in [0, 0.1) is 12.3 Å². The summed E-state index contributed by atoms with van der Waals surface area (Å²) in [6.07, 6.45) is 6.07. The molecule has 1 unspecified atom stereocenters. The van der Waals surface area contributed by atoms with Gasteiger partial charge in [0.2, 0.25) is 0 Å². The largest absolute Gasteiger partial charge is 0.465 e. The Hall–Kier alpha value is -1.51. The molecule has 2 rings (SSSR count). The van der Waals surface area contributed by atoms with Gasteiger partial charge in [0.05, 0.1) is 12.7 Å². The van der Waals surface area contributed by atoms with E-state index in [1.807, 2.05) is 25.1 Å². The topological polar surface area (TPSA) is 38.3 Å². The molecule has 0 aliphatic heterocycles. The van der Waals surface area contributed by atoms with Gasteiger partial charge in [-0.2, -0.15) is 0 Å². The van der Waals surface area contributed by atoms with Crippen LogP contribution in [0.2, 0.25) is 0 Å². The van der Waals surface area contributed by atoms with Crippen LogP contribution >= 0.6 is 0 Å². The van der Waals surface area contributed by atoms with E-state index < -0.39 is 0 Å². The van der Waals surface area contributed by atoms with Crippen molar-refractivity contribution in [3.05, 3.63) is 29.3 Å². The molecular formula is C18H27NO2. The third kappa shape index (κ3) is 4.23. The molecule has 0 saturated heterocycles. The van der Waals surface area contributed by atoms with Gasteiger partial charge in [-0.15, -0.1) is 0 Å². The van der Waals surface area contributed by atoms with Crippen molar-refractivity contribution in [2.75, 3.05) is 12.4 Å². The smallest absolute Gasteiger partial charge is 0.339 e. The molecule has 1 aliphatic carbocycles. The number of hydrogen-bond acceptors (Lipinski definition) is 3. The van der Waals surface area contributed by atoms with Crippen molar-refractivity contribution in [1.82, 2.24) is 0 Å². The van der Waals surface area contributed by atoms with Gasteiger partial charge in [-0.3, -0.25) is 0 Å². The molecule has 116 valence electrons. The fraction of sp³-hybridized carbons (Fsp3) is 0.611. The van der Waals surface area contributed by atoms with Gasteiger partial charge in [-0.1, -0.05) is 31.9 Å². The average molecular weight is 289 g/mol. The van der Waals surface area contributed by atoms with Gasteiger partial charge < -0.3 is 10.1 Å². The maximum atomic E-state index is 11.9. The Morgan fingerprint density at radius 2 is 2.05 bits per heavy atom. The Bertz CT molecular complexity index is 508. The van der Waals surface area contributed by atoms with Gasteiger partial charge >= 0.3 is 5.97 Å². The van der Waals surface area contributed by atoms with E-state index in [1.54, 1.807) is 0 Å². The quantitative estimate of drug-likeness (QED) is 0.655. The number of carbonyl (C=O) groups is 1. The molecule has 1 atom stereocenters. The highest BCUT2D eigenvalue weighted by atomic mass is 16.5. The van der Waals surface area contributed by atoms with Crippen LogP contribution in [0.25, 0.3) is 0 Å². The van der Waals surface area contributed by atoms with Crippen molar-refractivity contribution in [3.63, 3.8) is 0 Å². The summed E-state index contributed by atoms with van der Waals surface area (Å²) < 4.78 is 4.90. The number of benzene rings is 1. The van der Waals surface area contributed by atoms with E-state index >= 15 is 0 Å². The Balaban J connectivity index is 2.14. The van der Waals surface area contributed by atoms with Crippen LogP contribution in [-0.2, 0) is 4.74 Å². The van der Waals surface area contributed by atoms with Crippen molar-refractivity contribution < 1.29 is 9.53 Å². The molecule has 0 heterocycles. The van der Waals surface area contributed by atoms with Crippen molar-refractivity contribution in [2.45, 2.75) is 58.9 Å². The number of hydrogen-bond donors (Lipinski definition) is 1. The zero-order chi connectivity index (χ0) is 15.5. The lowest BCUT2D eigenvalue weighted by atomic mass is 9.85. The van der Waals surface area contributed by atoms with Gasteiger partial charge in [-0.05, 0) is 50.2 Å². The lowest BCUT2D eigenvalue weighted by Crippen LogP contribution is -2.21. The maximum Gasteiger partial charge on any atom is 0.339 e. The molecule has 1 aromatic carbocycles. The molecule has 3 nitrogen and oxygen atoms in total. The van der Waals surface area contributed by atoms with Crippen molar-refractivity contribution in [2.24, 2.45) is 5.41 Å². The Morgan fingerprint density at radius 1 is 1.29 bits per heavy atom. The summed E-state index contributed by atoms with van der Waals surface area (Å²) in [7, 11) is 1.43. The van der Waals surface area contributed by atoms with Crippen molar-refractivity contribution in [3.8, 4) is 0 Å². The van der Waals surface area contributed by atoms with Crippen LogP contribution in [0.3, 0.4) is 0 Å². The second-order valence-corrected chi connectivity index (χ2v) is 6.98. The van der Waals surface area contributed by atoms with Gasteiger partial charge in [0.15, 0.2) is 0 Å². The predicted molar refractivity (Wildman–Crippen MR) is 86.8 cm³/mol. The zero-order valence-corrected chi connectivity index (χ0v) is 13.7. The fourth-order valence-corrected chi connectivity index (χ4v) is 3.09. The first-order valence-electron chi connectivity index (χ1n) is 7.87. The minimum Gasteiger partial charge on any atom is -0.465 e. The monoisotopic (exact) mass is 289 g/mol. The lowest BCUT2D eigenvalue weighted by molar-refractivity contribution is 0.0601. The molecule has 3 heteroatoms. The van der Waals surface area contributed by atoms with Crippen LogP contribution in [0.15, 0.2) is 18.2 Å². The first-order valence-corrected chi connectivity index (χ1v) is 7.87. The van der Waals surface area contributed by atoms with E-state index in [9.17, 15) is 4.79 Å². The van der Waals surface area contributed by atoms with E-state index in [1.165, 1.54) is 26.4 Å². The van der Waals surface area contributed by atoms with E-state index in [-0.39, 0.29) is 5.97 Å². The number of esters is 1. The van der Waals surface area contributed by atoms with Gasteiger partial charge in [-0.25, -0.2) is 4.79 Å². The molecule has 0 amide bonds. The summed E-state index contributed by atoms with van der Waals surface area (Å²) in [6.45, 7) is 6.69. The van der Waals surface area contributed by atoms with Gasteiger partial charge in [0.1, 0.15) is 0 Å². The van der Waals surface area contributed by atoms with Crippen molar-refractivity contribution >= 4 is 11.7 Å². The van der Waals surface area contributed by atoms with Crippen LogP contribution in [0.4, 0.5) is 5.69 Å². The molecular weight excluding hydrogens is 262 g/mol. The summed E-state index contributed by atoms with van der Waals surface area (Å²) in [5.41, 5.74) is 3.05. The average Bonchev–Trinajstić information content (AvgIpc) is 2.61. The maximum absolute atomic E-state index is 11.9. The summed E-state index contributed by atoms with van der Waals surface area (Å²) in [5.74, 6) is -0.268. The number of anilines is 1. The molecule has 0 spiro atoms. The van der Waals surface area contributed by atoms with Crippen LogP contribution in [0.1, 0.15) is 61.9 Å². The molecule has 1 N–H and O–H groups in total. The Morgan fingerprint density at radius 3 is 2.76 bits per heavy atom. The predicted octanol–water partition coefficient (Wildman–Crippen LogP) is 4.55. The minimum atomic E-state index is -0.268. The third-order valence-electron chi connectivity index (χ3n) is 4.52. The second-order valence-electron chi connectivity index (χ2n) is 6.98. The SMILES string of the molecule is COC(=O)c1cc(C)ccc1NC1CCCC(C)(C)CC1. The third-order valence-corrected chi connectivity index (χ3v) is 4.52. The molecule has 21 heavy (non-hydrogen) atoms. The molecule has 1 aromatic rings. The first kappa shape index (κ1) is 15.9. The Labute approximate surface area is 128 Å². The Kier molecular flexibility index (Phi) is 4.92. The van der Waals surface area contributed by atoms with Crippen LogP contribution < -0.4 is 5.32 Å². The minimum absolute atomic E-state index is 0.268. The number of carbonyl (C=O) groups excluding carboxylic acids is 1. The molecule has 0 radical (unpaired) electrons. The number of nitrogens with one attached hydrogen (secondary N) is 1. The summed E-state index contributed by atoms with van der Waals surface area (Å²) in [4.78, 5) is 11.9. The van der Waals surface area contributed by atoms with Crippen molar-refractivity contribution in [1.29, 1.82) is 0 Å². The highest BCUT2D eigenvalue weighted by Gasteiger charge is 2.25. The summed E-state index contributed by atoms with van der Waals surface area (Å²) in [6, 6.07) is 6.37. The summed E-state index contributed by atoms with van der Waals surface area (Å²) >= 11 is 0. The van der Waals surface area contributed by atoms with Crippen LogP contribution in [0.5, 0.6) is 0 Å². The summed E-state index contributed by atoms with van der Waals surface area (Å²) in [5, 5.41) is 3.57. The van der Waals surface area contributed by atoms with Crippen LogP contribution in [-0.4, -0.2) is 19.1 Å². The molecule has 0 bridgehead atoms. The zero-order valence-electron chi connectivity index (χ0n) is 13.7. The van der Waals surface area contributed by atoms with Gasteiger partial charge in [0.25, 0.3) is 0 Å². The van der Waals surface area contributed by atoms with E-state index in [0.29, 0.717) is 17.0 Å². The molecule has 1 saturated carbocycles. The number of rotatable bonds is 3. The molecule has 1 fully saturated rings. The highest BCUT2D eigenvalue weighted by Crippen LogP contribution is 2.35.